The molecule has 6 heteroatoms. The van der Waals surface area contributed by atoms with E-state index < -0.39 is 12.2 Å². The van der Waals surface area contributed by atoms with Gasteiger partial charge in [0.2, 0.25) is 0 Å². The molecule has 0 fully saturated rings. The van der Waals surface area contributed by atoms with E-state index in [2.05, 4.69) is 10.0 Å². The molecular formula is C11H12N4O2. The van der Waals surface area contributed by atoms with Gasteiger partial charge >= 0.3 is 0 Å². The highest BCUT2D eigenvalue weighted by atomic mass is 16.3. The van der Waals surface area contributed by atoms with Gasteiger partial charge < -0.3 is 10.2 Å². The molecule has 1 aromatic carbocycles. The summed E-state index contributed by atoms with van der Waals surface area (Å²) in [6.07, 6.45) is -1.93. The number of aliphatic hydroxyl groups excluding tert-OH is 2. The second-order valence-electron chi connectivity index (χ2n) is 3.50. The second-order valence-corrected chi connectivity index (χ2v) is 3.50. The molecule has 0 spiro atoms. The molecule has 0 saturated carbocycles. The Kier molecular flexibility index (Phi) is 4.98. The number of aliphatic hydroxyl groups is 2. The van der Waals surface area contributed by atoms with Gasteiger partial charge in [-0.2, -0.15) is 5.26 Å². The lowest BCUT2D eigenvalue weighted by Crippen LogP contribution is -2.21. The fraction of sp³-hybridized carbons (Fsp3) is 0.364. The van der Waals surface area contributed by atoms with Crippen molar-refractivity contribution in [1.29, 1.82) is 5.26 Å². The van der Waals surface area contributed by atoms with E-state index in [1.807, 2.05) is 6.07 Å². The topological polar surface area (TPSA) is 113 Å². The maximum atomic E-state index is 9.74. The molecule has 0 aliphatic heterocycles. The molecule has 1 rings (SSSR count). The van der Waals surface area contributed by atoms with Gasteiger partial charge in [-0.1, -0.05) is 29.4 Å². The van der Waals surface area contributed by atoms with E-state index in [9.17, 15) is 10.2 Å². The third-order valence-corrected chi connectivity index (χ3v) is 2.30. The summed E-state index contributed by atoms with van der Waals surface area (Å²) < 4.78 is 0. The molecule has 17 heavy (non-hydrogen) atoms. The van der Waals surface area contributed by atoms with E-state index in [-0.39, 0.29) is 6.54 Å². The molecule has 0 amide bonds. The Morgan fingerprint density at radius 1 is 1.35 bits per heavy atom. The highest BCUT2D eigenvalue weighted by Gasteiger charge is 2.17. The molecule has 88 valence electrons. The summed E-state index contributed by atoms with van der Waals surface area (Å²) in [6.45, 7) is -0.183. The van der Waals surface area contributed by atoms with E-state index in [4.69, 9.17) is 10.8 Å². The molecule has 0 aromatic heterocycles. The van der Waals surface area contributed by atoms with Crippen molar-refractivity contribution in [2.45, 2.75) is 18.6 Å². The van der Waals surface area contributed by atoms with Crippen LogP contribution in [0.1, 0.15) is 17.2 Å². The van der Waals surface area contributed by atoms with Crippen molar-refractivity contribution < 1.29 is 10.2 Å². The Labute approximate surface area is 98.4 Å². The highest BCUT2D eigenvalue weighted by Crippen LogP contribution is 2.18. The van der Waals surface area contributed by atoms with Crippen LogP contribution < -0.4 is 0 Å². The molecule has 0 radical (unpaired) electrons. The van der Waals surface area contributed by atoms with Crippen LogP contribution in [-0.2, 0) is 6.42 Å². The Bertz CT molecular complexity index is 446. The number of benzene rings is 1. The van der Waals surface area contributed by atoms with E-state index >= 15 is 0 Å². The van der Waals surface area contributed by atoms with Crippen LogP contribution in [0.5, 0.6) is 0 Å². The first kappa shape index (κ1) is 13.0. The number of nitrogens with zero attached hydrogens (tertiary/aromatic N) is 4. The fourth-order valence-corrected chi connectivity index (χ4v) is 1.37. The van der Waals surface area contributed by atoms with Crippen LogP contribution in [0.2, 0.25) is 0 Å². The van der Waals surface area contributed by atoms with Crippen molar-refractivity contribution in [1.82, 2.24) is 0 Å². The highest BCUT2D eigenvalue weighted by molar-refractivity contribution is 5.26. The van der Waals surface area contributed by atoms with Crippen LogP contribution in [0.4, 0.5) is 0 Å². The first-order chi connectivity index (χ1) is 8.19. The third-order valence-electron chi connectivity index (χ3n) is 2.30. The summed E-state index contributed by atoms with van der Waals surface area (Å²) in [4.78, 5) is 2.51. The lowest BCUT2D eigenvalue weighted by molar-refractivity contribution is 0.0244. The van der Waals surface area contributed by atoms with Crippen molar-refractivity contribution in [2.24, 2.45) is 5.11 Å². The minimum atomic E-state index is -1.13. The van der Waals surface area contributed by atoms with Crippen molar-refractivity contribution >= 4 is 0 Å². The molecular weight excluding hydrogens is 220 g/mol. The molecule has 2 atom stereocenters. The Balaban J connectivity index is 2.72. The van der Waals surface area contributed by atoms with Crippen molar-refractivity contribution in [3.63, 3.8) is 0 Å². The summed E-state index contributed by atoms with van der Waals surface area (Å²) in [5, 5.41) is 30.9. The first-order valence-corrected chi connectivity index (χ1v) is 5.01. The first-order valence-electron chi connectivity index (χ1n) is 5.01. The summed E-state index contributed by atoms with van der Waals surface area (Å²) in [5.41, 5.74) is 9.46. The zero-order valence-electron chi connectivity index (χ0n) is 9.06. The molecule has 0 aliphatic carbocycles. The Hall–Kier alpha value is -2.06. The SMILES string of the molecule is N#CCc1ccc(C(O)C(O)CN=[N+]=[N-])cc1. The van der Waals surface area contributed by atoms with Gasteiger partial charge in [-0.15, -0.1) is 0 Å². The average Bonchev–Trinajstić information content (AvgIpc) is 2.36. The van der Waals surface area contributed by atoms with Crippen molar-refractivity contribution in [3.05, 3.63) is 45.8 Å². The van der Waals surface area contributed by atoms with Gasteiger partial charge in [-0.3, -0.25) is 0 Å². The quantitative estimate of drug-likeness (QED) is 0.455. The molecule has 1 aromatic rings. The molecule has 2 N–H and O–H groups in total. The summed E-state index contributed by atoms with van der Waals surface area (Å²) in [6, 6.07) is 8.71. The van der Waals surface area contributed by atoms with Crippen LogP contribution in [0.3, 0.4) is 0 Å². The van der Waals surface area contributed by atoms with Crippen LogP contribution in [0.25, 0.3) is 10.4 Å². The zero-order chi connectivity index (χ0) is 12.7. The summed E-state index contributed by atoms with van der Waals surface area (Å²) >= 11 is 0. The minimum absolute atomic E-state index is 0.183. The fourth-order valence-electron chi connectivity index (χ4n) is 1.37. The van der Waals surface area contributed by atoms with Gasteiger partial charge in [0.15, 0.2) is 0 Å². The zero-order valence-corrected chi connectivity index (χ0v) is 9.06. The maximum absolute atomic E-state index is 9.74. The number of azide groups is 1. The van der Waals surface area contributed by atoms with Gasteiger partial charge in [0, 0.05) is 4.91 Å². The van der Waals surface area contributed by atoms with Gasteiger partial charge in [0.05, 0.1) is 25.1 Å². The lowest BCUT2D eigenvalue weighted by atomic mass is 10.0. The van der Waals surface area contributed by atoms with E-state index in [1.165, 1.54) is 0 Å². The van der Waals surface area contributed by atoms with Crippen LogP contribution in [-0.4, -0.2) is 22.9 Å². The molecule has 2 unspecified atom stereocenters. The second kappa shape index (κ2) is 6.51. The van der Waals surface area contributed by atoms with E-state index in [0.717, 1.165) is 5.56 Å². The third kappa shape index (κ3) is 3.78. The molecule has 6 nitrogen and oxygen atoms in total. The number of hydrogen-bond acceptors (Lipinski definition) is 4. The molecule has 0 bridgehead atoms. The number of rotatable bonds is 5. The standard InChI is InChI=1S/C11H12N4O2/c12-6-5-8-1-3-9(4-2-8)11(17)10(16)7-14-15-13/h1-4,10-11,16-17H,5,7H2. The van der Waals surface area contributed by atoms with E-state index in [0.29, 0.717) is 12.0 Å². The predicted octanol–water partition coefficient (Wildman–Crippen LogP) is 1.46. The largest absolute Gasteiger partial charge is 0.390 e. The van der Waals surface area contributed by atoms with Crippen LogP contribution in [0, 0.1) is 11.3 Å². The molecule has 0 heterocycles. The molecule has 0 saturated heterocycles. The van der Waals surface area contributed by atoms with Crippen molar-refractivity contribution in [2.75, 3.05) is 6.54 Å². The summed E-state index contributed by atoms with van der Waals surface area (Å²) in [5.74, 6) is 0. The monoisotopic (exact) mass is 232 g/mol. The number of hydrogen-bond donors (Lipinski definition) is 2. The van der Waals surface area contributed by atoms with Gasteiger partial charge in [0.25, 0.3) is 0 Å². The van der Waals surface area contributed by atoms with Crippen LogP contribution in [0.15, 0.2) is 29.4 Å². The van der Waals surface area contributed by atoms with Crippen molar-refractivity contribution in [3.8, 4) is 6.07 Å². The summed E-state index contributed by atoms with van der Waals surface area (Å²) in [7, 11) is 0. The lowest BCUT2D eigenvalue weighted by Gasteiger charge is -2.16. The predicted molar refractivity (Wildman–Crippen MR) is 60.7 cm³/mol. The number of nitriles is 1. The Morgan fingerprint density at radius 2 is 2.00 bits per heavy atom. The maximum Gasteiger partial charge on any atom is 0.105 e. The molecule has 0 aliphatic rings. The normalized spacial score (nSPS) is 13.2. The van der Waals surface area contributed by atoms with E-state index in [1.54, 1.807) is 24.3 Å². The van der Waals surface area contributed by atoms with Gasteiger partial charge in [-0.25, -0.2) is 0 Å². The average molecular weight is 232 g/mol. The smallest absolute Gasteiger partial charge is 0.105 e. The minimum Gasteiger partial charge on any atom is -0.390 e. The van der Waals surface area contributed by atoms with Crippen LogP contribution >= 0.6 is 0 Å². The Morgan fingerprint density at radius 3 is 2.53 bits per heavy atom. The van der Waals surface area contributed by atoms with Gasteiger partial charge in [-0.05, 0) is 16.7 Å². The van der Waals surface area contributed by atoms with Gasteiger partial charge in [0.1, 0.15) is 6.10 Å².